The highest BCUT2D eigenvalue weighted by Crippen LogP contribution is 2.33. The van der Waals surface area contributed by atoms with Crippen molar-refractivity contribution in [1.29, 1.82) is 0 Å². The summed E-state index contributed by atoms with van der Waals surface area (Å²) in [5.74, 6) is 0.464. The van der Waals surface area contributed by atoms with E-state index < -0.39 is 0 Å². The molecule has 16 heavy (non-hydrogen) atoms. The normalized spacial score (nSPS) is 35.1. The monoisotopic (exact) mass is 224 g/mol. The fraction of sp³-hybridized carbons (Fsp3) is 0.923. The highest BCUT2D eigenvalue weighted by Gasteiger charge is 2.43. The Morgan fingerprint density at radius 2 is 2.06 bits per heavy atom. The lowest BCUT2D eigenvalue weighted by Gasteiger charge is -2.30. The smallest absolute Gasteiger partial charge is 0.224 e. The van der Waals surface area contributed by atoms with Gasteiger partial charge in [0.1, 0.15) is 0 Å². The number of rotatable bonds is 2. The minimum atomic E-state index is 0.140. The number of nitrogens with one attached hydrogen (secondary N) is 2. The van der Waals surface area contributed by atoms with Gasteiger partial charge in [0.25, 0.3) is 0 Å². The van der Waals surface area contributed by atoms with E-state index in [1.807, 2.05) is 0 Å². The maximum absolute atomic E-state index is 12.1. The Morgan fingerprint density at radius 3 is 2.50 bits per heavy atom. The Bertz CT molecular complexity index is 282. The van der Waals surface area contributed by atoms with Gasteiger partial charge in [0.15, 0.2) is 0 Å². The van der Waals surface area contributed by atoms with E-state index in [2.05, 4.69) is 38.3 Å². The van der Waals surface area contributed by atoms with Gasteiger partial charge in [-0.15, -0.1) is 0 Å². The second kappa shape index (κ2) is 4.02. The quantitative estimate of drug-likeness (QED) is 0.749. The SMILES string of the molecule is CC(NC(=O)C1CC2CCC1N2)C(C)(C)C. The molecule has 0 aromatic carbocycles. The van der Waals surface area contributed by atoms with Gasteiger partial charge < -0.3 is 10.6 Å². The van der Waals surface area contributed by atoms with E-state index in [1.54, 1.807) is 0 Å². The second-order valence-electron chi connectivity index (χ2n) is 6.49. The van der Waals surface area contributed by atoms with Crippen LogP contribution in [0.5, 0.6) is 0 Å². The fourth-order valence-corrected chi connectivity index (χ4v) is 2.65. The van der Waals surface area contributed by atoms with Gasteiger partial charge in [-0.25, -0.2) is 0 Å². The number of amides is 1. The van der Waals surface area contributed by atoms with Gasteiger partial charge in [0.2, 0.25) is 5.91 Å². The van der Waals surface area contributed by atoms with Crippen molar-refractivity contribution < 1.29 is 4.79 Å². The van der Waals surface area contributed by atoms with E-state index in [9.17, 15) is 4.79 Å². The lowest BCUT2D eigenvalue weighted by molar-refractivity contribution is -0.126. The zero-order valence-electron chi connectivity index (χ0n) is 10.8. The molecule has 2 aliphatic heterocycles. The van der Waals surface area contributed by atoms with E-state index in [0.29, 0.717) is 12.1 Å². The molecule has 3 nitrogen and oxygen atoms in total. The van der Waals surface area contributed by atoms with Gasteiger partial charge in [0, 0.05) is 18.1 Å². The molecule has 0 aromatic heterocycles. The van der Waals surface area contributed by atoms with Gasteiger partial charge in [-0.05, 0) is 31.6 Å². The van der Waals surface area contributed by atoms with Crippen molar-refractivity contribution in [2.45, 2.75) is 65.1 Å². The molecule has 4 unspecified atom stereocenters. The first kappa shape index (κ1) is 11.9. The van der Waals surface area contributed by atoms with Crippen LogP contribution < -0.4 is 10.6 Å². The third-order valence-electron chi connectivity index (χ3n) is 4.29. The van der Waals surface area contributed by atoms with E-state index in [-0.39, 0.29) is 23.3 Å². The summed E-state index contributed by atoms with van der Waals surface area (Å²) in [7, 11) is 0. The predicted molar refractivity (Wildman–Crippen MR) is 65.1 cm³/mol. The van der Waals surface area contributed by atoms with Crippen molar-refractivity contribution in [3.63, 3.8) is 0 Å². The van der Waals surface area contributed by atoms with Crippen LogP contribution in [0.1, 0.15) is 47.0 Å². The van der Waals surface area contributed by atoms with Crippen molar-refractivity contribution >= 4 is 5.91 Å². The predicted octanol–water partition coefficient (Wildman–Crippen LogP) is 1.68. The Labute approximate surface area is 98.4 Å². The molecule has 0 aliphatic carbocycles. The van der Waals surface area contributed by atoms with Crippen LogP contribution in [0.4, 0.5) is 0 Å². The molecule has 2 aliphatic rings. The van der Waals surface area contributed by atoms with E-state index in [0.717, 1.165) is 6.42 Å². The van der Waals surface area contributed by atoms with Gasteiger partial charge in [0.05, 0.1) is 5.92 Å². The maximum Gasteiger partial charge on any atom is 0.224 e. The highest BCUT2D eigenvalue weighted by molar-refractivity contribution is 5.80. The molecule has 2 heterocycles. The largest absolute Gasteiger partial charge is 0.353 e. The van der Waals surface area contributed by atoms with Crippen molar-refractivity contribution in [2.75, 3.05) is 0 Å². The lowest BCUT2D eigenvalue weighted by atomic mass is 9.85. The van der Waals surface area contributed by atoms with Crippen LogP contribution in [-0.2, 0) is 4.79 Å². The Balaban J connectivity index is 1.89. The van der Waals surface area contributed by atoms with E-state index >= 15 is 0 Å². The zero-order valence-corrected chi connectivity index (χ0v) is 10.8. The first-order chi connectivity index (χ1) is 7.38. The molecule has 92 valence electrons. The molecular formula is C13H24N2O. The molecule has 2 saturated heterocycles. The summed E-state index contributed by atoms with van der Waals surface area (Å²) in [6.45, 7) is 8.59. The topological polar surface area (TPSA) is 41.1 Å². The molecule has 4 atom stereocenters. The summed E-state index contributed by atoms with van der Waals surface area (Å²) in [6, 6.07) is 1.28. The minimum Gasteiger partial charge on any atom is -0.353 e. The summed E-state index contributed by atoms with van der Waals surface area (Å²) in [5, 5.41) is 6.68. The van der Waals surface area contributed by atoms with Crippen LogP contribution in [0, 0.1) is 11.3 Å². The molecule has 2 fully saturated rings. The van der Waals surface area contributed by atoms with Crippen molar-refractivity contribution in [3.8, 4) is 0 Å². The second-order valence-corrected chi connectivity index (χ2v) is 6.49. The Morgan fingerprint density at radius 1 is 1.38 bits per heavy atom. The Hall–Kier alpha value is -0.570. The van der Waals surface area contributed by atoms with Gasteiger partial charge in [-0.1, -0.05) is 20.8 Å². The number of carbonyl (C=O) groups is 1. The fourth-order valence-electron chi connectivity index (χ4n) is 2.65. The van der Waals surface area contributed by atoms with E-state index in [4.69, 9.17) is 0 Å². The zero-order chi connectivity index (χ0) is 11.9. The third-order valence-corrected chi connectivity index (χ3v) is 4.29. The standard InChI is InChI=1S/C13H24N2O/c1-8(13(2,3)4)14-12(16)10-7-9-5-6-11(10)15-9/h8-11,15H,5-7H2,1-4H3,(H,14,16). The third kappa shape index (κ3) is 2.24. The van der Waals surface area contributed by atoms with Crippen molar-refractivity contribution in [2.24, 2.45) is 11.3 Å². The number of hydrogen-bond donors (Lipinski definition) is 2. The van der Waals surface area contributed by atoms with Gasteiger partial charge in [-0.2, -0.15) is 0 Å². The summed E-state index contributed by atoms with van der Waals surface area (Å²) < 4.78 is 0. The van der Waals surface area contributed by atoms with Crippen molar-refractivity contribution in [1.82, 2.24) is 10.6 Å². The molecule has 1 amide bonds. The molecule has 0 aromatic rings. The molecule has 3 heteroatoms. The summed E-state index contributed by atoms with van der Waals surface area (Å²) in [5.41, 5.74) is 0.140. The van der Waals surface area contributed by atoms with Crippen LogP contribution in [0.3, 0.4) is 0 Å². The van der Waals surface area contributed by atoms with Crippen molar-refractivity contribution in [3.05, 3.63) is 0 Å². The van der Waals surface area contributed by atoms with Crippen LogP contribution in [0.15, 0.2) is 0 Å². The summed E-state index contributed by atoms with van der Waals surface area (Å²) in [4.78, 5) is 12.1. The van der Waals surface area contributed by atoms with Crippen LogP contribution in [-0.4, -0.2) is 24.0 Å². The highest BCUT2D eigenvalue weighted by atomic mass is 16.2. The summed E-state index contributed by atoms with van der Waals surface area (Å²) >= 11 is 0. The molecule has 0 saturated carbocycles. The number of fused-ring (bicyclic) bond motifs is 2. The van der Waals surface area contributed by atoms with Crippen LogP contribution in [0.25, 0.3) is 0 Å². The lowest BCUT2D eigenvalue weighted by Crippen LogP contribution is -2.46. The van der Waals surface area contributed by atoms with Gasteiger partial charge >= 0.3 is 0 Å². The molecule has 2 bridgehead atoms. The van der Waals surface area contributed by atoms with Crippen LogP contribution >= 0.6 is 0 Å². The first-order valence-corrected chi connectivity index (χ1v) is 6.44. The van der Waals surface area contributed by atoms with E-state index in [1.165, 1.54) is 12.8 Å². The summed E-state index contributed by atoms with van der Waals surface area (Å²) in [6.07, 6.45) is 3.46. The number of carbonyl (C=O) groups excluding carboxylic acids is 1. The van der Waals surface area contributed by atoms with Gasteiger partial charge in [-0.3, -0.25) is 4.79 Å². The molecular weight excluding hydrogens is 200 g/mol. The maximum atomic E-state index is 12.1. The molecule has 0 spiro atoms. The van der Waals surface area contributed by atoms with Crippen LogP contribution in [0.2, 0.25) is 0 Å². The molecule has 0 radical (unpaired) electrons. The Kier molecular flexibility index (Phi) is 2.99. The average Bonchev–Trinajstić information content (AvgIpc) is 2.76. The average molecular weight is 224 g/mol. The molecule has 2 N–H and O–H groups in total. The number of hydrogen-bond acceptors (Lipinski definition) is 2. The minimum absolute atomic E-state index is 0.140. The molecule has 2 rings (SSSR count). The first-order valence-electron chi connectivity index (χ1n) is 6.44.